The van der Waals surface area contributed by atoms with Crippen LogP contribution in [0.3, 0.4) is 0 Å². The van der Waals surface area contributed by atoms with E-state index in [1.165, 1.54) is 0 Å². The monoisotopic (exact) mass is 238 g/mol. The standard InChI is InChI=1S/C6H10Cl4O/c1-3-11-6(9,10)4-5(2,7)8/h3-4H2,1-2H3. The summed E-state index contributed by atoms with van der Waals surface area (Å²) in [6.45, 7) is 3.82. The average molecular weight is 240 g/mol. The highest BCUT2D eigenvalue weighted by Crippen LogP contribution is 2.37. The number of alkyl halides is 4. The zero-order valence-corrected chi connectivity index (χ0v) is 9.36. The molecule has 0 amide bonds. The number of hydrogen-bond acceptors (Lipinski definition) is 1. The molecule has 5 heteroatoms. The van der Waals surface area contributed by atoms with Gasteiger partial charge in [-0.3, -0.25) is 0 Å². The molecule has 68 valence electrons. The Morgan fingerprint density at radius 2 is 1.64 bits per heavy atom. The average Bonchev–Trinajstić information content (AvgIpc) is 1.55. The van der Waals surface area contributed by atoms with Crippen molar-refractivity contribution in [3.8, 4) is 0 Å². The minimum absolute atomic E-state index is 0.167. The highest BCUT2D eigenvalue weighted by molar-refractivity contribution is 6.51. The summed E-state index contributed by atoms with van der Waals surface area (Å²) in [6.07, 6.45) is 0.167. The fourth-order valence-electron chi connectivity index (χ4n) is 0.624. The van der Waals surface area contributed by atoms with E-state index in [1.54, 1.807) is 13.8 Å². The van der Waals surface area contributed by atoms with E-state index in [9.17, 15) is 0 Å². The molecule has 0 radical (unpaired) electrons. The van der Waals surface area contributed by atoms with Gasteiger partial charge in [0.05, 0.1) is 0 Å². The van der Waals surface area contributed by atoms with Gasteiger partial charge in [-0.1, -0.05) is 23.2 Å². The van der Waals surface area contributed by atoms with Crippen molar-refractivity contribution in [2.75, 3.05) is 6.61 Å². The van der Waals surface area contributed by atoms with Crippen LogP contribution in [-0.4, -0.2) is 15.5 Å². The van der Waals surface area contributed by atoms with E-state index in [2.05, 4.69) is 0 Å². The van der Waals surface area contributed by atoms with Crippen LogP contribution in [0.25, 0.3) is 0 Å². The van der Waals surface area contributed by atoms with Gasteiger partial charge in [0.2, 0.25) is 4.52 Å². The Morgan fingerprint density at radius 1 is 1.18 bits per heavy atom. The third kappa shape index (κ3) is 7.48. The van der Waals surface area contributed by atoms with E-state index in [-0.39, 0.29) is 6.42 Å². The van der Waals surface area contributed by atoms with Gasteiger partial charge in [-0.05, 0) is 13.8 Å². The maximum atomic E-state index is 5.70. The van der Waals surface area contributed by atoms with Crippen LogP contribution in [0.4, 0.5) is 0 Å². The van der Waals surface area contributed by atoms with Gasteiger partial charge < -0.3 is 4.74 Å². The molecule has 0 aliphatic heterocycles. The van der Waals surface area contributed by atoms with Crippen molar-refractivity contribution in [2.24, 2.45) is 0 Å². The first-order chi connectivity index (χ1) is 4.77. The fourth-order valence-corrected chi connectivity index (χ4v) is 2.03. The Morgan fingerprint density at radius 3 is 1.91 bits per heavy atom. The molecule has 0 unspecified atom stereocenters. The van der Waals surface area contributed by atoms with Crippen LogP contribution in [0.1, 0.15) is 20.3 Å². The molecule has 0 aromatic carbocycles. The van der Waals surface area contributed by atoms with Crippen molar-refractivity contribution in [1.82, 2.24) is 0 Å². The second-order valence-corrected chi connectivity index (χ2v) is 5.59. The lowest BCUT2D eigenvalue weighted by atomic mass is 10.3. The van der Waals surface area contributed by atoms with Crippen LogP contribution in [0.15, 0.2) is 0 Å². The van der Waals surface area contributed by atoms with E-state index >= 15 is 0 Å². The molecule has 0 saturated heterocycles. The molecule has 0 atom stereocenters. The van der Waals surface area contributed by atoms with Gasteiger partial charge in [0.15, 0.2) is 0 Å². The predicted molar refractivity (Wildman–Crippen MR) is 50.8 cm³/mol. The highest BCUT2D eigenvalue weighted by atomic mass is 35.5. The van der Waals surface area contributed by atoms with Gasteiger partial charge in [0, 0.05) is 13.0 Å². The zero-order chi connectivity index (χ0) is 9.12. The lowest BCUT2D eigenvalue weighted by Gasteiger charge is -2.24. The van der Waals surface area contributed by atoms with Crippen molar-refractivity contribution >= 4 is 46.4 Å². The number of rotatable bonds is 4. The summed E-state index contributed by atoms with van der Waals surface area (Å²) >= 11 is 22.7. The molecule has 0 heterocycles. The highest BCUT2D eigenvalue weighted by Gasteiger charge is 2.33. The molecular weight excluding hydrogens is 230 g/mol. The minimum Gasteiger partial charge on any atom is -0.347 e. The summed E-state index contributed by atoms with van der Waals surface area (Å²) in [5.74, 6) is 0. The van der Waals surface area contributed by atoms with Crippen LogP contribution >= 0.6 is 46.4 Å². The summed E-state index contributed by atoms with van der Waals surface area (Å²) in [5, 5.41) is 0. The first-order valence-electron chi connectivity index (χ1n) is 3.16. The molecule has 0 aliphatic carbocycles. The van der Waals surface area contributed by atoms with Crippen LogP contribution in [-0.2, 0) is 4.74 Å². The Balaban J connectivity index is 3.91. The summed E-state index contributed by atoms with van der Waals surface area (Å²) in [6, 6.07) is 0. The Bertz CT molecular complexity index is 118. The third-order valence-corrected chi connectivity index (χ3v) is 1.62. The summed E-state index contributed by atoms with van der Waals surface area (Å²) < 4.78 is 2.72. The van der Waals surface area contributed by atoms with Gasteiger partial charge in [-0.2, -0.15) is 0 Å². The normalized spacial score (nSPS) is 13.6. The molecular formula is C6H10Cl4O. The van der Waals surface area contributed by atoms with Crippen molar-refractivity contribution < 1.29 is 4.74 Å². The number of ether oxygens (including phenoxy) is 1. The van der Waals surface area contributed by atoms with Gasteiger partial charge in [0.25, 0.3) is 0 Å². The molecule has 0 rings (SSSR count). The molecule has 0 aliphatic rings. The van der Waals surface area contributed by atoms with Crippen molar-refractivity contribution in [3.05, 3.63) is 0 Å². The maximum absolute atomic E-state index is 5.70. The van der Waals surface area contributed by atoms with Crippen molar-refractivity contribution in [2.45, 2.75) is 29.1 Å². The maximum Gasteiger partial charge on any atom is 0.220 e. The van der Waals surface area contributed by atoms with Crippen LogP contribution < -0.4 is 0 Å². The molecule has 0 fully saturated rings. The largest absolute Gasteiger partial charge is 0.347 e. The van der Waals surface area contributed by atoms with Gasteiger partial charge in [0.1, 0.15) is 4.33 Å². The fraction of sp³-hybridized carbons (Fsp3) is 1.00. The minimum atomic E-state index is -1.28. The summed E-state index contributed by atoms with van der Waals surface area (Å²) in [7, 11) is 0. The van der Waals surface area contributed by atoms with Gasteiger partial charge in [-0.25, -0.2) is 0 Å². The van der Waals surface area contributed by atoms with E-state index in [4.69, 9.17) is 51.1 Å². The van der Waals surface area contributed by atoms with E-state index < -0.39 is 8.85 Å². The second kappa shape index (κ2) is 4.38. The van der Waals surface area contributed by atoms with Crippen molar-refractivity contribution in [1.29, 1.82) is 0 Å². The Labute approximate surface area is 86.9 Å². The van der Waals surface area contributed by atoms with E-state index in [0.29, 0.717) is 6.61 Å². The van der Waals surface area contributed by atoms with Crippen LogP contribution in [0.2, 0.25) is 0 Å². The molecule has 0 N–H and O–H groups in total. The Kier molecular flexibility index (Phi) is 4.83. The molecule has 0 aromatic heterocycles. The first-order valence-corrected chi connectivity index (χ1v) is 4.67. The van der Waals surface area contributed by atoms with Gasteiger partial charge in [-0.15, -0.1) is 23.2 Å². The number of hydrogen-bond donors (Lipinski definition) is 0. The molecule has 0 spiro atoms. The SMILES string of the molecule is CCOC(Cl)(Cl)CC(C)(Cl)Cl. The summed E-state index contributed by atoms with van der Waals surface area (Å²) in [4.78, 5) is 0. The second-order valence-electron chi connectivity index (χ2n) is 2.32. The van der Waals surface area contributed by atoms with E-state index in [0.717, 1.165) is 0 Å². The first kappa shape index (κ1) is 12.1. The smallest absolute Gasteiger partial charge is 0.220 e. The molecule has 0 aromatic rings. The van der Waals surface area contributed by atoms with Crippen molar-refractivity contribution in [3.63, 3.8) is 0 Å². The number of halogens is 4. The van der Waals surface area contributed by atoms with Gasteiger partial charge >= 0.3 is 0 Å². The quantitative estimate of drug-likeness (QED) is 0.680. The van der Waals surface area contributed by atoms with Crippen LogP contribution in [0, 0.1) is 0 Å². The van der Waals surface area contributed by atoms with E-state index in [1.807, 2.05) is 0 Å². The lowest BCUT2D eigenvalue weighted by molar-refractivity contribution is 0.0808. The molecule has 0 saturated carbocycles. The summed E-state index contributed by atoms with van der Waals surface area (Å²) in [5.41, 5.74) is 0. The molecule has 1 nitrogen and oxygen atoms in total. The topological polar surface area (TPSA) is 9.23 Å². The Hall–Kier alpha value is 1.12. The molecule has 11 heavy (non-hydrogen) atoms. The lowest BCUT2D eigenvalue weighted by Crippen LogP contribution is -2.25. The zero-order valence-electron chi connectivity index (χ0n) is 6.33. The van der Waals surface area contributed by atoms with Crippen LogP contribution in [0.5, 0.6) is 0 Å². The molecule has 0 bridgehead atoms. The third-order valence-electron chi connectivity index (χ3n) is 0.872. The predicted octanol–water partition coefficient (Wildman–Crippen LogP) is 3.74.